The number of rotatable bonds is 4. The van der Waals surface area contributed by atoms with Crippen molar-refractivity contribution in [2.75, 3.05) is 23.3 Å². The molecule has 1 aliphatic heterocycles. The molecule has 0 bridgehead atoms. The number of halogens is 1. The lowest BCUT2D eigenvalue weighted by Crippen LogP contribution is -2.18. The summed E-state index contributed by atoms with van der Waals surface area (Å²) in [5.41, 5.74) is 1.18. The van der Waals surface area contributed by atoms with Crippen LogP contribution >= 0.6 is 22.6 Å². The number of anilines is 2. The first-order chi connectivity index (χ1) is 11.5. The third-order valence-electron chi connectivity index (χ3n) is 3.87. The SMILES string of the molecule is O=C(Nc1ccc(N2CCCC2)cn1)c1cc([N+](=O)[O-])ccc1I. The maximum atomic E-state index is 12.4. The van der Waals surface area contributed by atoms with E-state index in [0.717, 1.165) is 18.8 Å². The van der Waals surface area contributed by atoms with Gasteiger partial charge in [0.2, 0.25) is 0 Å². The first-order valence-electron chi connectivity index (χ1n) is 7.51. The van der Waals surface area contributed by atoms with Crippen LogP contribution in [0.1, 0.15) is 23.2 Å². The number of hydrogen-bond donors (Lipinski definition) is 1. The molecule has 0 radical (unpaired) electrons. The quantitative estimate of drug-likeness (QED) is 0.449. The van der Waals surface area contributed by atoms with Crippen LogP contribution < -0.4 is 10.2 Å². The Hall–Kier alpha value is -2.23. The van der Waals surface area contributed by atoms with Gasteiger partial charge < -0.3 is 10.2 Å². The zero-order valence-electron chi connectivity index (χ0n) is 12.7. The Morgan fingerprint density at radius 3 is 2.62 bits per heavy atom. The van der Waals surface area contributed by atoms with Crippen LogP contribution in [0.25, 0.3) is 0 Å². The fourth-order valence-electron chi connectivity index (χ4n) is 2.61. The van der Waals surface area contributed by atoms with Crippen molar-refractivity contribution in [2.45, 2.75) is 12.8 Å². The van der Waals surface area contributed by atoms with Gasteiger partial charge >= 0.3 is 0 Å². The van der Waals surface area contributed by atoms with Crippen LogP contribution in [0.4, 0.5) is 17.2 Å². The molecular formula is C16H15IN4O3. The van der Waals surface area contributed by atoms with Crippen molar-refractivity contribution < 1.29 is 9.72 Å². The number of pyridine rings is 1. The Balaban J connectivity index is 1.75. The molecule has 0 saturated carbocycles. The van der Waals surface area contributed by atoms with E-state index in [1.807, 2.05) is 28.7 Å². The normalized spacial score (nSPS) is 13.8. The molecule has 2 aromatic rings. The molecule has 0 atom stereocenters. The van der Waals surface area contributed by atoms with E-state index in [9.17, 15) is 14.9 Å². The predicted molar refractivity (Wildman–Crippen MR) is 99.5 cm³/mol. The van der Waals surface area contributed by atoms with Crippen molar-refractivity contribution in [2.24, 2.45) is 0 Å². The Bertz CT molecular complexity index is 773. The van der Waals surface area contributed by atoms with E-state index in [0.29, 0.717) is 9.39 Å². The second-order valence-corrected chi connectivity index (χ2v) is 6.63. The van der Waals surface area contributed by atoms with Crippen LogP contribution in [0.3, 0.4) is 0 Å². The fourth-order valence-corrected chi connectivity index (χ4v) is 3.19. The maximum absolute atomic E-state index is 12.4. The third-order valence-corrected chi connectivity index (χ3v) is 4.81. The van der Waals surface area contributed by atoms with E-state index >= 15 is 0 Å². The van der Waals surface area contributed by atoms with Crippen LogP contribution in [-0.2, 0) is 0 Å². The van der Waals surface area contributed by atoms with Crippen LogP contribution in [0, 0.1) is 13.7 Å². The molecule has 24 heavy (non-hydrogen) atoms. The van der Waals surface area contributed by atoms with Gasteiger partial charge in [0.05, 0.1) is 22.4 Å². The molecule has 0 aliphatic carbocycles. The molecule has 1 fully saturated rings. The number of nitrogens with zero attached hydrogens (tertiary/aromatic N) is 3. The van der Waals surface area contributed by atoms with E-state index in [1.165, 1.54) is 25.0 Å². The average molecular weight is 438 g/mol. The molecular weight excluding hydrogens is 423 g/mol. The number of amides is 1. The molecule has 1 saturated heterocycles. The largest absolute Gasteiger partial charge is 0.370 e. The molecule has 0 unspecified atom stereocenters. The summed E-state index contributed by atoms with van der Waals surface area (Å²) < 4.78 is 0.643. The Morgan fingerprint density at radius 2 is 2.00 bits per heavy atom. The third kappa shape index (κ3) is 3.64. The number of hydrogen-bond acceptors (Lipinski definition) is 5. The first-order valence-corrected chi connectivity index (χ1v) is 8.59. The number of non-ortho nitro benzene ring substituents is 1. The van der Waals surface area contributed by atoms with E-state index in [-0.39, 0.29) is 11.3 Å². The minimum absolute atomic E-state index is 0.113. The summed E-state index contributed by atoms with van der Waals surface area (Å²) in [6.07, 6.45) is 4.10. The molecule has 7 nitrogen and oxygen atoms in total. The molecule has 1 amide bonds. The van der Waals surface area contributed by atoms with Gasteiger partial charge in [-0.3, -0.25) is 14.9 Å². The van der Waals surface area contributed by atoms with Gasteiger partial charge in [-0.1, -0.05) is 0 Å². The fraction of sp³-hybridized carbons (Fsp3) is 0.250. The second kappa shape index (κ2) is 7.12. The van der Waals surface area contributed by atoms with E-state index in [1.54, 1.807) is 18.3 Å². The van der Waals surface area contributed by atoms with Gasteiger partial charge in [-0.15, -0.1) is 0 Å². The zero-order chi connectivity index (χ0) is 17.1. The summed E-state index contributed by atoms with van der Waals surface area (Å²) in [5, 5.41) is 13.6. The highest BCUT2D eigenvalue weighted by atomic mass is 127. The van der Waals surface area contributed by atoms with Gasteiger partial charge in [-0.05, 0) is 53.6 Å². The highest BCUT2D eigenvalue weighted by Gasteiger charge is 2.17. The predicted octanol–water partition coefficient (Wildman–Crippen LogP) is 3.45. The van der Waals surface area contributed by atoms with Crippen molar-refractivity contribution in [3.63, 3.8) is 0 Å². The lowest BCUT2D eigenvalue weighted by molar-refractivity contribution is -0.384. The Kier molecular flexibility index (Phi) is 4.93. The molecule has 3 rings (SSSR count). The lowest BCUT2D eigenvalue weighted by atomic mass is 10.2. The van der Waals surface area contributed by atoms with Gasteiger partial charge in [-0.2, -0.15) is 0 Å². The molecule has 2 heterocycles. The summed E-state index contributed by atoms with van der Waals surface area (Å²) in [7, 11) is 0. The van der Waals surface area contributed by atoms with Gasteiger partial charge in [-0.25, -0.2) is 4.98 Å². The van der Waals surface area contributed by atoms with Crippen molar-refractivity contribution in [3.05, 3.63) is 55.8 Å². The molecule has 124 valence electrons. The minimum atomic E-state index is -0.518. The van der Waals surface area contributed by atoms with Gasteiger partial charge in [0.25, 0.3) is 11.6 Å². The Labute approximate surface area is 152 Å². The smallest absolute Gasteiger partial charge is 0.270 e. The van der Waals surface area contributed by atoms with Crippen LogP contribution in [0.15, 0.2) is 36.5 Å². The maximum Gasteiger partial charge on any atom is 0.270 e. The molecule has 1 aromatic heterocycles. The number of carbonyl (C=O) groups excluding carboxylic acids is 1. The monoisotopic (exact) mass is 438 g/mol. The number of aromatic nitrogens is 1. The number of benzene rings is 1. The molecule has 0 spiro atoms. The van der Waals surface area contributed by atoms with Crippen molar-refractivity contribution >= 4 is 45.7 Å². The van der Waals surface area contributed by atoms with Crippen molar-refractivity contribution in [3.8, 4) is 0 Å². The minimum Gasteiger partial charge on any atom is -0.370 e. The highest BCUT2D eigenvalue weighted by Crippen LogP contribution is 2.22. The lowest BCUT2D eigenvalue weighted by Gasteiger charge is -2.17. The van der Waals surface area contributed by atoms with Gasteiger partial charge in [0.1, 0.15) is 5.82 Å². The van der Waals surface area contributed by atoms with E-state index in [4.69, 9.17) is 0 Å². The molecule has 8 heteroatoms. The first kappa shape index (κ1) is 16.6. The Morgan fingerprint density at radius 1 is 1.25 bits per heavy atom. The van der Waals surface area contributed by atoms with Crippen molar-refractivity contribution in [1.29, 1.82) is 0 Å². The van der Waals surface area contributed by atoms with Crippen LogP contribution in [0.5, 0.6) is 0 Å². The van der Waals surface area contributed by atoms with Crippen LogP contribution in [0.2, 0.25) is 0 Å². The topological polar surface area (TPSA) is 88.4 Å². The van der Waals surface area contributed by atoms with E-state index < -0.39 is 10.8 Å². The van der Waals surface area contributed by atoms with Crippen LogP contribution in [-0.4, -0.2) is 28.9 Å². The van der Waals surface area contributed by atoms with E-state index in [2.05, 4.69) is 15.2 Å². The summed E-state index contributed by atoms with van der Waals surface area (Å²) in [6, 6.07) is 7.87. The summed E-state index contributed by atoms with van der Waals surface area (Å²) in [6.45, 7) is 2.05. The average Bonchev–Trinajstić information content (AvgIpc) is 3.10. The van der Waals surface area contributed by atoms with Gasteiger partial charge in [0, 0.05) is 28.8 Å². The standard InChI is InChI=1S/C16H15IN4O3/c17-14-5-3-11(21(23)24)9-13(14)16(22)19-15-6-4-12(10-18-15)20-7-1-2-8-20/h3-6,9-10H,1-2,7-8H2,(H,18,19,22). The highest BCUT2D eigenvalue weighted by molar-refractivity contribution is 14.1. The van der Waals surface area contributed by atoms with Gasteiger partial charge in [0.15, 0.2) is 0 Å². The number of nitro benzene ring substituents is 1. The number of nitrogens with one attached hydrogen (secondary N) is 1. The summed E-state index contributed by atoms with van der Waals surface area (Å²) >= 11 is 1.98. The molecule has 1 aliphatic rings. The molecule has 1 aromatic carbocycles. The zero-order valence-corrected chi connectivity index (χ0v) is 14.9. The number of carbonyl (C=O) groups is 1. The summed E-state index contributed by atoms with van der Waals surface area (Å²) in [5.74, 6) is 0.00905. The van der Waals surface area contributed by atoms with Crippen molar-refractivity contribution in [1.82, 2.24) is 4.98 Å². The summed E-state index contributed by atoms with van der Waals surface area (Å²) in [4.78, 5) is 29.2. The second-order valence-electron chi connectivity index (χ2n) is 5.47. The molecule has 1 N–H and O–H groups in total. The number of nitro groups is 1.